The van der Waals surface area contributed by atoms with Crippen molar-refractivity contribution in [2.24, 2.45) is 0 Å². The fourth-order valence-corrected chi connectivity index (χ4v) is 2.49. The Morgan fingerprint density at radius 3 is 2.78 bits per heavy atom. The van der Waals surface area contributed by atoms with Gasteiger partial charge in [0.05, 0.1) is 18.5 Å². The van der Waals surface area contributed by atoms with Gasteiger partial charge in [0.15, 0.2) is 5.76 Å². The summed E-state index contributed by atoms with van der Waals surface area (Å²) in [6.45, 7) is 5.13. The lowest BCUT2D eigenvalue weighted by atomic mass is 10.3. The van der Waals surface area contributed by atoms with Gasteiger partial charge in [0, 0.05) is 12.1 Å². The van der Waals surface area contributed by atoms with Gasteiger partial charge in [-0.15, -0.1) is 0 Å². The molecule has 18 heavy (non-hydrogen) atoms. The van der Waals surface area contributed by atoms with Gasteiger partial charge in [0.25, 0.3) is 0 Å². The average molecular weight is 275 g/mol. The Kier molecular flexibility index (Phi) is 6.31. The summed E-state index contributed by atoms with van der Waals surface area (Å²) in [7, 11) is -3.22. The first-order valence-corrected chi connectivity index (χ1v) is 7.75. The Bertz CT molecular complexity index is 415. The normalized spacial score (nSPS) is 12.2. The summed E-state index contributed by atoms with van der Waals surface area (Å²) >= 11 is 0. The summed E-state index contributed by atoms with van der Waals surface area (Å²) in [6.07, 6.45) is 2.98. The van der Waals surface area contributed by atoms with Gasteiger partial charge in [-0.25, -0.2) is 13.1 Å². The van der Waals surface area contributed by atoms with E-state index in [0.717, 1.165) is 13.0 Å². The van der Waals surface area contributed by atoms with Crippen molar-refractivity contribution in [3.8, 4) is 0 Å². The molecule has 1 aromatic rings. The molecule has 6 nitrogen and oxygen atoms in total. The van der Waals surface area contributed by atoms with Gasteiger partial charge >= 0.3 is 0 Å². The summed E-state index contributed by atoms with van der Waals surface area (Å²) in [4.78, 5) is 0. The van der Waals surface area contributed by atoms with E-state index in [1.54, 1.807) is 6.07 Å². The Morgan fingerprint density at radius 1 is 1.39 bits per heavy atom. The molecule has 0 fully saturated rings. The van der Waals surface area contributed by atoms with E-state index in [0.29, 0.717) is 18.2 Å². The second-order valence-electron chi connectivity index (χ2n) is 4.43. The van der Waals surface area contributed by atoms with Crippen LogP contribution in [0.25, 0.3) is 0 Å². The third kappa shape index (κ3) is 6.73. The Hall–Kier alpha value is -0.920. The van der Waals surface area contributed by atoms with Crippen LogP contribution in [0.1, 0.15) is 32.4 Å². The predicted molar refractivity (Wildman–Crippen MR) is 69.5 cm³/mol. The molecule has 0 saturated heterocycles. The van der Waals surface area contributed by atoms with E-state index >= 15 is 0 Å². The van der Waals surface area contributed by atoms with E-state index in [9.17, 15) is 8.42 Å². The fourth-order valence-electron chi connectivity index (χ4n) is 1.39. The standard InChI is InChI=1S/C11H21N3O3S/c1-10(2)12-6-3-4-8-18(15,16)14-9-11-5-7-13-17-11/h5,7,10,12,14H,3-4,6,8-9H2,1-2H3. The van der Waals surface area contributed by atoms with Gasteiger partial charge in [0.2, 0.25) is 10.0 Å². The van der Waals surface area contributed by atoms with Crippen LogP contribution < -0.4 is 10.0 Å². The van der Waals surface area contributed by atoms with E-state index in [4.69, 9.17) is 4.52 Å². The molecular formula is C11H21N3O3S. The minimum absolute atomic E-state index is 0.140. The minimum Gasteiger partial charge on any atom is -0.360 e. The van der Waals surface area contributed by atoms with Crippen LogP contribution in [0.15, 0.2) is 16.8 Å². The van der Waals surface area contributed by atoms with Crippen molar-refractivity contribution >= 4 is 10.0 Å². The van der Waals surface area contributed by atoms with Gasteiger partial charge in [0.1, 0.15) is 0 Å². The number of nitrogens with zero attached hydrogens (tertiary/aromatic N) is 1. The van der Waals surface area contributed by atoms with Crippen LogP contribution in [-0.4, -0.2) is 31.9 Å². The van der Waals surface area contributed by atoms with Crippen LogP contribution in [0.2, 0.25) is 0 Å². The van der Waals surface area contributed by atoms with Crippen molar-refractivity contribution in [3.63, 3.8) is 0 Å². The summed E-state index contributed by atoms with van der Waals surface area (Å²) in [5.41, 5.74) is 0. The number of hydrogen-bond acceptors (Lipinski definition) is 5. The molecule has 0 radical (unpaired) electrons. The molecule has 0 amide bonds. The van der Waals surface area contributed by atoms with E-state index in [1.165, 1.54) is 6.20 Å². The van der Waals surface area contributed by atoms with Crippen LogP contribution in [0.3, 0.4) is 0 Å². The number of sulfonamides is 1. The van der Waals surface area contributed by atoms with Crippen molar-refractivity contribution < 1.29 is 12.9 Å². The van der Waals surface area contributed by atoms with Crippen LogP contribution >= 0.6 is 0 Å². The number of hydrogen-bond donors (Lipinski definition) is 2. The van der Waals surface area contributed by atoms with Crippen molar-refractivity contribution in [3.05, 3.63) is 18.0 Å². The highest BCUT2D eigenvalue weighted by Gasteiger charge is 2.10. The highest BCUT2D eigenvalue weighted by molar-refractivity contribution is 7.89. The number of aromatic nitrogens is 1. The predicted octanol–water partition coefficient (Wildman–Crippen LogP) is 0.872. The largest absolute Gasteiger partial charge is 0.360 e. The maximum atomic E-state index is 11.6. The van der Waals surface area contributed by atoms with E-state index in [1.807, 2.05) is 0 Å². The summed E-state index contributed by atoms with van der Waals surface area (Å²) in [6, 6.07) is 2.07. The Balaban J connectivity index is 2.15. The molecule has 7 heteroatoms. The Labute approximate surface area is 108 Å². The van der Waals surface area contributed by atoms with Crippen LogP contribution in [0.5, 0.6) is 0 Å². The fraction of sp³-hybridized carbons (Fsp3) is 0.727. The molecule has 1 aromatic heterocycles. The third-order valence-electron chi connectivity index (χ3n) is 2.35. The molecule has 0 bridgehead atoms. The molecule has 0 saturated carbocycles. The maximum Gasteiger partial charge on any atom is 0.212 e. The minimum atomic E-state index is -3.22. The quantitative estimate of drug-likeness (QED) is 0.653. The molecule has 1 heterocycles. The number of rotatable bonds is 9. The first-order chi connectivity index (χ1) is 8.49. The number of nitrogens with one attached hydrogen (secondary N) is 2. The molecule has 0 aliphatic carbocycles. The second kappa shape index (κ2) is 7.50. The monoisotopic (exact) mass is 275 g/mol. The highest BCUT2D eigenvalue weighted by Crippen LogP contribution is 1.99. The molecule has 2 N–H and O–H groups in total. The third-order valence-corrected chi connectivity index (χ3v) is 3.76. The smallest absolute Gasteiger partial charge is 0.212 e. The summed E-state index contributed by atoms with van der Waals surface area (Å²) < 4.78 is 30.5. The van der Waals surface area contributed by atoms with Gasteiger partial charge in [-0.05, 0) is 19.4 Å². The van der Waals surface area contributed by atoms with Crippen LogP contribution in [0.4, 0.5) is 0 Å². The first kappa shape index (κ1) is 15.1. The Morgan fingerprint density at radius 2 is 2.17 bits per heavy atom. The van der Waals surface area contributed by atoms with Gasteiger partial charge in [-0.1, -0.05) is 19.0 Å². The zero-order chi connectivity index (χ0) is 13.4. The molecule has 0 aromatic carbocycles. The SMILES string of the molecule is CC(C)NCCCCS(=O)(=O)NCc1ccno1. The second-order valence-corrected chi connectivity index (χ2v) is 6.36. The van der Waals surface area contributed by atoms with Crippen molar-refractivity contribution in [2.45, 2.75) is 39.3 Å². The summed E-state index contributed by atoms with van der Waals surface area (Å²) in [5.74, 6) is 0.654. The van der Waals surface area contributed by atoms with Crippen molar-refractivity contribution in [1.82, 2.24) is 15.2 Å². The lowest BCUT2D eigenvalue weighted by molar-refractivity contribution is 0.380. The molecule has 0 unspecified atom stereocenters. The molecule has 0 spiro atoms. The van der Waals surface area contributed by atoms with Crippen LogP contribution in [0, 0.1) is 0 Å². The van der Waals surface area contributed by atoms with Gasteiger partial charge < -0.3 is 9.84 Å². The highest BCUT2D eigenvalue weighted by atomic mass is 32.2. The number of unbranched alkanes of at least 4 members (excludes halogenated alkanes) is 1. The molecule has 104 valence electrons. The zero-order valence-electron chi connectivity index (χ0n) is 10.8. The van der Waals surface area contributed by atoms with E-state index < -0.39 is 10.0 Å². The molecule has 0 aliphatic rings. The first-order valence-electron chi connectivity index (χ1n) is 6.10. The molecular weight excluding hydrogens is 254 g/mol. The lowest BCUT2D eigenvalue weighted by Crippen LogP contribution is -2.27. The molecule has 0 aliphatic heterocycles. The molecule has 0 atom stereocenters. The lowest BCUT2D eigenvalue weighted by Gasteiger charge is -2.08. The van der Waals surface area contributed by atoms with Crippen molar-refractivity contribution in [1.29, 1.82) is 0 Å². The van der Waals surface area contributed by atoms with Crippen molar-refractivity contribution in [2.75, 3.05) is 12.3 Å². The van der Waals surface area contributed by atoms with Gasteiger partial charge in [-0.3, -0.25) is 0 Å². The summed E-state index contributed by atoms with van der Waals surface area (Å²) in [5, 5.41) is 6.76. The van der Waals surface area contributed by atoms with Gasteiger partial charge in [-0.2, -0.15) is 0 Å². The maximum absolute atomic E-state index is 11.6. The topological polar surface area (TPSA) is 84.2 Å². The van der Waals surface area contributed by atoms with E-state index in [2.05, 4.69) is 29.0 Å². The van der Waals surface area contributed by atoms with Crippen LogP contribution in [-0.2, 0) is 16.6 Å². The van der Waals surface area contributed by atoms with E-state index in [-0.39, 0.29) is 12.3 Å². The molecule has 1 rings (SSSR count). The average Bonchev–Trinajstić information content (AvgIpc) is 2.78. The zero-order valence-corrected chi connectivity index (χ0v) is 11.7.